The second-order valence-corrected chi connectivity index (χ2v) is 11.4. The summed E-state index contributed by atoms with van der Waals surface area (Å²) in [6.07, 6.45) is 1.58. The summed E-state index contributed by atoms with van der Waals surface area (Å²) in [6, 6.07) is 10.4. The number of nitrogens with two attached hydrogens (primary N) is 1. The van der Waals surface area contributed by atoms with Crippen molar-refractivity contribution in [3.05, 3.63) is 58.9 Å². The normalized spacial score (nSPS) is 29.6. The smallest absolute Gasteiger partial charge is 0.406 e. The Balaban J connectivity index is 1.52. The number of alkyl carbamates (subject to hydrolysis) is 1. The first-order valence-corrected chi connectivity index (χ1v) is 13.8. The van der Waals surface area contributed by atoms with Gasteiger partial charge in [-0.2, -0.15) is 0 Å². The SMILES string of the molecule is COC(=O)NCCC[C@@]1(O)c2c(ccc(F)c2-c2cccc(C)c2)[C@]12CCCN(C(=O)[C@H]1C[C@@H](N)[C@@H](O)C1)C2. The average Bonchev–Trinajstić information content (AvgIpc) is 3.27. The minimum Gasteiger partial charge on any atom is -0.453 e. The van der Waals surface area contributed by atoms with E-state index >= 15 is 4.39 Å². The molecule has 5 atom stereocenters. The third kappa shape index (κ3) is 4.60. The molecule has 0 radical (unpaired) electrons. The summed E-state index contributed by atoms with van der Waals surface area (Å²) in [4.78, 5) is 27.0. The number of ether oxygens (including phenoxy) is 1. The Bertz CT molecular complexity index is 1260. The molecule has 210 valence electrons. The van der Waals surface area contributed by atoms with Crippen molar-refractivity contribution >= 4 is 12.0 Å². The Labute approximate surface area is 228 Å². The van der Waals surface area contributed by atoms with Crippen LogP contribution in [0.1, 0.15) is 55.2 Å². The standard InChI is InChI=1S/C30H38FN3O5/c1-18-6-3-7-19(14-18)25-22(31)9-8-21-26(25)30(38,11-4-12-33-28(37)39-2)29(21)10-5-13-34(17-29)27(36)20-15-23(32)24(35)16-20/h3,6-9,14,20,23-24,35,38H,4-5,10-13,15-17,32H2,1-2H3,(H,33,37)/t20-,23+,24-,29+,30+/m0/s1. The van der Waals surface area contributed by atoms with Crippen LogP contribution in [0, 0.1) is 18.7 Å². The molecule has 2 aliphatic carbocycles. The highest BCUT2D eigenvalue weighted by Crippen LogP contribution is 2.63. The van der Waals surface area contributed by atoms with Crippen LogP contribution in [0.25, 0.3) is 11.1 Å². The van der Waals surface area contributed by atoms with Crippen LogP contribution >= 0.6 is 0 Å². The van der Waals surface area contributed by atoms with Gasteiger partial charge in [-0.05, 0) is 68.2 Å². The number of carbonyl (C=O) groups is 2. The molecule has 9 heteroatoms. The summed E-state index contributed by atoms with van der Waals surface area (Å²) in [7, 11) is 1.29. The maximum Gasteiger partial charge on any atom is 0.406 e. The fourth-order valence-electron chi connectivity index (χ4n) is 7.17. The van der Waals surface area contributed by atoms with Gasteiger partial charge in [-0.1, -0.05) is 35.9 Å². The van der Waals surface area contributed by atoms with Gasteiger partial charge in [0.2, 0.25) is 5.91 Å². The average molecular weight is 540 g/mol. The fourth-order valence-corrected chi connectivity index (χ4v) is 7.17. The number of halogens is 1. The highest BCUT2D eigenvalue weighted by Gasteiger charge is 2.64. The van der Waals surface area contributed by atoms with Gasteiger partial charge in [0.05, 0.1) is 13.2 Å². The zero-order chi connectivity index (χ0) is 27.9. The summed E-state index contributed by atoms with van der Waals surface area (Å²) < 4.78 is 20.2. The first-order chi connectivity index (χ1) is 18.6. The van der Waals surface area contributed by atoms with Crippen molar-refractivity contribution in [3.63, 3.8) is 0 Å². The Morgan fingerprint density at radius 3 is 2.74 bits per heavy atom. The number of piperidine rings is 1. The molecule has 5 N–H and O–H groups in total. The number of aliphatic hydroxyl groups excluding tert-OH is 1. The number of aliphatic hydroxyl groups is 2. The quantitative estimate of drug-likeness (QED) is 0.418. The van der Waals surface area contributed by atoms with Crippen LogP contribution in [-0.2, 0) is 20.5 Å². The number of aryl methyl sites for hydroxylation is 1. The van der Waals surface area contributed by atoms with Crippen LogP contribution < -0.4 is 11.1 Å². The molecule has 1 saturated carbocycles. The van der Waals surface area contributed by atoms with E-state index < -0.39 is 35.1 Å². The maximum absolute atomic E-state index is 15.5. The molecular weight excluding hydrogens is 501 g/mol. The highest BCUT2D eigenvalue weighted by molar-refractivity contribution is 5.81. The lowest BCUT2D eigenvalue weighted by atomic mass is 9.47. The molecule has 2 aromatic carbocycles. The summed E-state index contributed by atoms with van der Waals surface area (Å²) in [5, 5.41) is 25.3. The minimum atomic E-state index is -1.41. The fraction of sp³-hybridized carbons (Fsp3) is 0.533. The molecule has 39 heavy (non-hydrogen) atoms. The van der Waals surface area contributed by atoms with Gasteiger partial charge in [0.1, 0.15) is 11.4 Å². The van der Waals surface area contributed by atoms with E-state index in [2.05, 4.69) is 10.1 Å². The number of methoxy groups -OCH3 is 1. The van der Waals surface area contributed by atoms with E-state index in [-0.39, 0.29) is 24.8 Å². The molecule has 0 aromatic heterocycles. The largest absolute Gasteiger partial charge is 0.453 e. The van der Waals surface area contributed by atoms with Crippen LogP contribution in [0.15, 0.2) is 36.4 Å². The first kappa shape index (κ1) is 27.6. The molecule has 5 rings (SSSR count). The van der Waals surface area contributed by atoms with Crippen LogP contribution in [0.4, 0.5) is 9.18 Å². The number of benzene rings is 2. The van der Waals surface area contributed by atoms with Gasteiger partial charge in [-0.25, -0.2) is 9.18 Å². The number of likely N-dealkylation sites (tertiary alicyclic amines) is 1. The zero-order valence-electron chi connectivity index (χ0n) is 22.6. The van der Waals surface area contributed by atoms with Gasteiger partial charge in [-0.3, -0.25) is 4.79 Å². The van der Waals surface area contributed by atoms with Crippen molar-refractivity contribution < 1.29 is 28.9 Å². The maximum atomic E-state index is 15.5. The second-order valence-electron chi connectivity index (χ2n) is 11.4. The van der Waals surface area contributed by atoms with Gasteiger partial charge < -0.3 is 30.9 Å². The van der Waals surface area contributed by atoms with Crippen molar-refractivity contribution in [2.75, 3.05) is 26.7 Å². The van der Waals surface area contributed by atoms with Gasteiger partial charge >= 0.3 is 6.09 Å². The third-order valence-electron chi connectivity index (χ3n) is 9.08. The number of rotatable bonds is 6. The van der Waals surface area contributed by atoms with E-state index in [9.17, 15) is 19.8 Å². The molecule has 8 nitrogen and oxygen atoms in total. The summed E-state index contributed by atoms with van der Waals surface area (Å²) in [6.45, 7) is 3.10. The van der Waals surface area contributed by atoms with Gasteiger partial charge in [0, 0.05) is 42.6 Å². The summed E-state index contributed by atoms with van der Waals surface area (Å²) >= 11 is 0. The van der Waals surface area contributed by atoms with Crippen molar-refractivity contribution in [2.24, 2.45) is 11.7 Å². The molecule has 1 saturated heterocycles. The van der Waals surface area contributed by atoms with E-state index in [0.29, 0.717) is 61.9 Å². The number of hydrogen-bond donors (Lipinski definition) is 4. The Morgan fingerprint density at radius 2 is 2.05 bits per heavy atom. The van der Waals surface area contributed by atoms with E-state index in [1.165, 1.54) is 13.2 Å². The van der Waals surface area contributed by atoms with Crippen LogP contribution in [0.2, 0.25) is 0 Å². The van der Waals surface area contributed by atoms with Gasteiger partial charge in [-0.15, -0.1) is 0 Å². The lowest BCUT2D eigenvalue weighted by molar-refractivity contribution is -0.149. The molecule has 0 bridgehead atoms. The molecule has 2 fully saturated rings. The molecule has 3 aliphatic rings. The summed E-state index contributed by atoms with van der Waals surface area (Å²) in [5.74, 6) is -0.804. The molecule has 1 heterocycles. The van der Waals surface area contributed by atoms with Crippen LogP contribution in [0.5, 0.6) is 0 Å². The number of nitrogens with zero attached hydrogens (tertiary/aromatic N) is 1. The Kier molecular flexibility index (Phi) is 7.43. The number of amides is 2. The van der Waals surface area contributed by atoms with Crippen molar-refractivity contribution in [3.8, 4) is 11.1 Å². The Hall–Kier alpha value is -3.01. The van der Waals surface area contributed by atoms with Crippen molar-refractivity contribution in [1.29, 1.82) is 0 Å². The lowest BCUT2D eigenvalue weighted by Gasteiger charge is -2.62. The summed E-state index contributed by atoms with van der Waals surface area (Å²) in [5.41, 5.74) is 7.31. The van der Waals surface area contributed by atoms with E-state index in [0.717, 1.165) is 11.1 Å². The van der Waals surface area contributed by atoms with Crippen molar-refractivity contribution in [2.45, 2.75) is 68.6 Å². The number of carbonyl (C=O) groups excluding carboxylic acids is 2. The zero-order valence-corrected chi connectivity index (χ0v) is 22.6. The topological polar surface area (TPSA) is 125 Å². The predicted molar refractivity (Wildman–Crippen MR) is 144 cm³/mol. The molecule has 1 aliphatic heterocycles. The third-order valence-corrected chi connectivity index (χ3v) is 9.08. The van der Waals surface area contributed by atoms with E-state index in [4.69, 9.17) is 5.73 Å². The molecular formula is C30H38FN3O5. The molecule has 2 amide bonds. The van der Waals surface area contributed by atoms with Crippen LogP contribution in [-0.4, -0.2) is 66.0 Å². The monoisotopic (exact) mass is 539 g/mol. The van der Waals surface area contributed by atoms with Gasteiger partial charge in [0.25, 0.3) is 0 Å². The van der Waals surface area contributed by atoms with Gasteiger partial charge in [0.15, 0.2) is 0 Å². The predicted octanol–water partition coefficient (Wildman–Crippen LogP) is 3.10. The number of fused-ring (bicyclic) bond motifs is 2. The molecule has 1 spiro atoms. The minimum absolute atomic E-state index is 0.0507. The van der Waals surface area contributed by atoms with Crippen molar-refractivity contribution in [1.82, 2.24) is 10.2 Å². The molecule has 0 unspecified atom stereocenters. The first-order valence-electron chi connectivity index (χ1n) is 13.8. The second kappa shape index (κ2) is 10.5. The lowest BCUT2D eigenvalue weighted by Crippen LogP contribution is -2.66. The van der Waals surface area contributed by atoms with Crippen LogP contribution in [0.3, 0.4) is 0 Å². The highest BCUT2D eigenvalue weighted by atomic mass is 19.1. The van der Waals surface area contributed by atoms with E-state index in [1.54, 1.807) is 11.0 Å². The Morgan fingerprint density at radius 1 is 1.26 bits per heavy atom. The number of hydrogen-bond acceptors (Lipinski definition) is 6. The number of nitrogens with one attached hydrogen (secondary N) is 1. The van der Waals surface area contributed by atoms with E-state index in [1.807, 2.05) is 31.2 Å². The molecule has 2 aromatic rings.